The number of alkyl halides is 3. The Kier molecular flexibility index (Phi) is 3.55. The van der Waals surface area contributed by atoms with Crippen molar-refractivity contribution >= 4 is 11.6 Å². The lowest BCUT2D eigenvalue weighted by atomic mass is 9.96. The van der Waals surface area contributed by atoms with Crippen LogP contribution in [0.25, 0.3) is 0 Å². The maximum atomic E-state index is 12.5. The molecule has 5 nitrogen and oxygen atoms in total. The normalized spacial score (nSPS) is 17.9. The highest BCUT2D eigenvalue weighted by Crippen LogP contribution is 2.35. The lowest BCUT2D eigenvalue weighted by molar-refractivity contribution is -0.179. The Morgan fingerprint density at radius 3 is 2.50 bits per heavy atom. The van der Waals surface area contributed by atoms with Gasteiger partial charge in [0.15, 0.2) is 0 Å². The molecule has 0 bridgehead atoms. The Hall–Kier alpha value is -1.57. The number of hydrogen-bond acceptors (Lipinski definition) is 5. The fourth-order valence-electron chi connectivity index (χ4n) is 2.03. The highest BCUT2D eigenvalue weighted by Gasteiger charge is 2.41. The van der Waals surface area contributed by atoms with Gasteiger partial charge in [-0.3, -0.25) is 0 Å². The van der Waals surface area contributed by atoms with Crippen LogP contribution in [0.1, 0.15) is 12.8 Å². The molecule has 0 atom stereocenters. The highest BCUT2D eigenvalue weighted by molar-refractivity contribution is 5.47. The minimum atomic E-state index is -4.10. The SMILES string of the molecule is NNc1cc(N2CCC(C(F)(F)F)CC2)ncn1. The molecule has 1 aliphatic rings. The maximum absolute atomic E-state index is 12.5. The molecule has 0 aromatic carbocycles. The molecule has 0 saturated carbocycles. The third-order valence-electron chi connectivity index (χ3n) is 3.08. The van der Waals surface area contributed by atoms with E-state index in [2.05, 4.69) is 15.4 Å². The first-order valence-electron chi connectivity index (χ1n) is 5.61. The van der Waals surface area contributed by atoms with Gasteiger partial charge in [-0.2, -0.15) is 13.2 Å². The van der Waals surface area contributed by atoms with Crippen LogP contribution in [0.3, 0.4) is 0 Å². The van der Waals surface area contributed by atoms with Gasteiger partial charge in [-0.15, -0.1) is 0 Å². The van der Waals surface area contributed by atoms with Crippen LogP contribution in [0.2, 0.25) is 0 Å². The Labute approximate surface area is 102 Å². The first-order valence-corrected chi connectivity index (χ1v) is 5.61. The van der Waals surface area contributed by atoms with Crippen LogP contribution in [0.15, 0.2) is 12.4 Å². The fraction of sp³-hybridized carbons (Fsp3) is 0.600. The van der Waals surface area contributed by atoms with E-state index < -0.39 is 12.1 Å². The summed E-state index contributed by atoms with van der Waals surface area (Å²) in [7, 11) is 0. The van der Waals surface area contributed by atoms with Crippen molar-refractivity contribution < 1.29 is 13.2 Å². The van der Waals surface area contributed by atoms with Gasteiger partial charge in [0.2, 0.25) is 0 Å². The van der Waals surface area contributed by atoms with Crippen molar-refractivity contribution in [3.05, 3.63) is 12.4 Å². The van der Waals surface area contributed by atoms with E-state index >= 15 is 0 Å². The quantitative estimate of drug-likeness (QED) is 0.624. The molecule has 1 aromatic heterocycles. The second-order valence-corrected chi connectivity index (χ2v) is 4.21. The molecule has 0 unspecified atom stereocenters. The molecular weight excluding hydrogens is 247 g/mol. The molecule has 0 aliphatic carbocycles. The number of rotatable bonds is 2. The minimum absolute atomic E-state index is 0.0961. The zero-order chi connectivity index (χ0) is 13.2. The van der Waals surface area contributed by atoms with Gasteiger partial charge in [0.25, 0.3) is 0 Å². The minimum Gasteiger partial charge on any atom is -0.356 e. The molecule has 3 N–H and O–H groups in total. The van der Waals surface area contributed by atoms with Gasteiger partial charge < -0.3 is 10.3 Å². The van der Waals surface area contributed by atoms with E-state index in [-0.39, 0.29) is 12.8 Å². The van der Waals surface area contributed by atoms with Gasteiger partial charge in [0.05, 0.1) is 5.92 Å². The third-order valence-corrected chi connectivity index (χ3v) is 3.08. The van der Waals surface area contributed by atoms with Crippen LogP contribution in [0.4, 0.5) is 24.8 Å². The van der Waals surface area contributed by atoms with E-state index in [1.54, 1.807) is 6.07 Å². The zero-order valence-corrected chi connectivity index (χ0v) is 9.61. The monoisotopic (exact) mass is 261 g/mol. The summed E-state index contributed by atoms with van der Waals surface area (Å²) < 4.78 is 37.6. The van der Waals surface area contributed by atoms with Crippen LogP contribution in [0, 0.1) is 5.92 Å². The standard InChI is InChI=1S/C10H14F3N5/c11-10(12,13)7-1-3-18(4-2-7)9-5-8(17-14)15-6-16-9/h5-7H,1-4,14H2,(H,15,16,17). The van der Waals surface area contributed by atoms with Crippen molar-refractivity contribution in [2.45, 2.75) is 19.0 Å². The smallest absolute Gasteiger partial charge is 0.356 e. The van der Waals surface area contributed by atoms with Crippen molar-refractivity contribution in [1.29, 1.82) is 0 Å². The van der Waals surface area contributed by atoms with E-state index in [1.165, 1.54) is 6.33 Å². The molecular formula is C10H14F3N5. The number of anilines is 2. The number of nitrogens with zero attached hydrogens (tertiary/aromatic N) is 3. The number of nitrogen functional groups attached to an aromatic ring is 1. The molecule has 1 aromatic rings. The van der Waals surface area contributed by atoms with Crippen molar-refractivity contribution in [3.8, 4) is 0 Å². The van der Waals surface area contributed by atoms with E-state index in [0.717, 1.165) is 0 Å². The number of piperidine rings is 1. The van der Waals surface area contributed by atoms with Crippen LogP contribution in [0.5, 0.6) is 0 Å². The Balaban J connectivity index is 2.01. The van der Waals surface area contributed by atoms with Gasteiger partial charge in [-0.05, 0) is 12.8 Å². The van der Waals surface area contributed by atoms with Gasteiger partial charge in [0.1, 0.15) is 18.0 Å². The van der Waals surface area contributed by atoms with Gasteiger partial charge in [0, 0.05) is 19.2 Å². The van der Waals surface area contributed by atoms with Gasteiger partial charge in [-0.25, -0.2) is 15.8 Å². The van der Waals surface area contributed by atoms with Crippen LogP contribution >= 0.6 is 0 Å². The summed E-state index contributed by atoms with van der Waals surface area (Å²) in [4.78, 5) is 9.70. The largest absolute Gasteiger partial charge is 0.391 e. The Bertz CT molecular complexity index is 401. The second-order valence-electron chi connectivity index (χ2n) is 4.21. The first kappa shape index (κ1) is 12.9. The molecule has 100 valence electrons. The topological polar surface area (TPSA) is 67.1 Å². The van der Waals surface area contributed by atoms with Gasteiger partial charge in [-0.1, -0.05) is 0 Å². The molecule has 2 heterocycles. The average molecular weight is 261 g/mol. The Morgan fingerprint density at radius 1 is 1.28 bits per heavy atom. The number of hydrazine groups is 1. The summed E-state index contributed by atoms with van der Waals surface area (Å²) in [5.41, 5.74) is 2.38. The van der Waals surface area contributed by atoms with E-state index in [9.17, 15) is 13.2 Å². The molecule has 0 spiro atoms. The molecule has 1 aliphatic heterocycles. The predicted molar refractivity (Wildman–Crippen MR) is 60.8 cm³/mol. The van der Waals surface area contributed by atoms with Crippen LogP contribution in [-0.2, 0) is 0 Å². The fourth-order valence-corrected chi connectivity index (χ4v) is 2.03. The lowest BCUT2D eigenvalue weighted by Crippen LogP contribution is -2.39. The third kappa shape index (κ3) is 2.81. The van der Waals surface area contributed by atoms with Crippen molar-refractivity contribution in [1.82, 2.24) is 9.97 Å². The lowest BCUT2D eigenvalue weighted by Gasteiger charge is -2.33. The van der Waals surface area contributed by atoms with Crippen molar-refractivity contribution in [3.63, 3.8) is 0 Å². The number of aromatic nitrogens is 2. The number of halogens is 3. The second kappa shape index (κ2) is 4.97. The van der Waals surface area contributed by atoms with Crippen molar-refractivity contribution in [2.24, 2.45) is 11.8 Å². The van der Waals surface area contributed by atoms with Crippen molar-refractivity contribution in [2.75, 3.05) is 23.4 Å². The highest BCUT2D eigenvalue weighted by atomic mass is 19.4. The van der Waals surface area contributed by atoms with Gasteiger partial charge >= 0.3 is 6.18 Å². The zero-order valence-electron chi connectivity index (χ0n) is 9.61. The maximum Gasteiger partial charge on any atom is 0.391 e. The summed E-state index contributed by atoms with van der Waals surface area (Å²) in [5, 5.41) is 0. The number of nitrogens with two attached hydrogens (primary N) is 1. The molecule has 0 radical (unpaired) electrons. The number of hydrogen-bond donors (Lipinski definition) is 2. The first-order chi connectivity index (χ1) is 8.50. The van der Waals surface area contributed by atoms with E-state index in [1.807, 2.05) is 4.90 Å². The molecule has 2 rings (SSSR count). The molecule has 1 fully saturated rings. The number of nitrogens with one attached hydrogen (secondary N) is 1. The summed E-state index contributed by atoms with van der Waals surface area (Å²) in [6, 6.07) is 1.62. The van der Waals surface area contributed by atoms with E-state index in [4.69, 9.17) is 5.84 Å². The summed E-state index contributed by atoms with van der Waals surface area (Å²) in [6.45, 7) is 0.677. The predicted octanol–water partition coefficient (Wildman–Crippen LogP) is 1.54. The molecule has 0 amide bonds. The molecule has 1 saturated heterocycles. The molecule has 18 heavy (non-hydrogen) atoms. The Morgan fingerprint density at radius 2 is 1.94 bits per heavy atom. The summed E-state index contributed by atoms with van der Waals surface area (Å²) in [5.74, 6) is 5.05. The average Bonchev–Trinajstić information content (AvgIpc) is 2.38. The summed E-state index contributed by atoms with van der Waals surface area (Å²) >= 11 is 0. The van der Waals surface area contributed by atoms with Crippen LogP contribution in [-0.4, -0.2) is 29.2 Å². The summed E-state index contributed by atoms with van der Waals surface area (Å²) in [6.07, 6.45) is -2.57. The van der Waals surface area contributed by atoms with E-state index in [0.29, 0.717) is 24.7 Å². The molecule has 8 heteroatoms. The van der Waals surface area contributed by atoms with Crippen LogP contribution < -0.4 is 16.2 Å².